The van der Waals surface area contributed by atoms with Crippen LogP contribution in [0.2, 0.25) is 0 Å². The van der Waals surface area contributed by atoms with Crippen molar-refractivity contribution in [1.29, 1.82) is 0 Å². The molecule has 1 aliphatic heterocycles. The van der Waals surface area contributed by atoms with Crippen molar-refractivity contribution in [2.45, 2.75) is 25.6 Å². The number of rotatable bonds is 5. The molecule has 0 spiro atoms. The second-order valence-electron chi connectivity index (χ2n) is 6.02. The van der Waals surface area contributed by atoms with Crippen molar-refractivity contribution in [3.63, 3.8) is 0 Å². The van der Waals surface area contributed by atoms with Gasteiger partial charge in [0.1, 0.15) is 0 Å². The molecule has 0 saturated carbocycles. The summed E-state index contributed by atoms with van der Waals surface area (Å²) in [5, 5.41) is 3.95. The molecule has 8 heteroatoms. The topological polar surface area (TPSA) is 79.5 Å². The molecule has 1 atom stereocenters. The Morgan fingerprint density at radius 2 is 1.83 bits per heavy atom. The zero-order valence-corrected chi connectivity index (χ0v) is 14.7. The molecule has 1 aromatic carbocycles. The van der Waals surface area contributed by atoms with Crippen molar-refractivity contribution in [3.8, 4) is 0 Å². The number of benzene rings is 1. The number of aryl methyl sites for hydroxylation is 1. The van der Waals surface area contributed by atoms with Crippen molar-refractivity contribution in [3.05, 3.63) is 47.6 Å². The van der Waals surface area contributed by atoms with Crippen LogP contribution in [0.3, 0.4) is 0 Å². The van der Waals surface area contributed by atoms with E-state index in [9.17, 15) is 8.42 Å². The predicted octanol–water partition coefficient (Wildman–Crippen LogP) is 1.59. The van der Waals surface area contributed by atoms with Gasteiger partial charge in [-0.25, -0.2) is 8.42 Å². The molecule has 0 unspecified atom stereocenters. The van der Waals surface area contributed by atoms with E-state index in [1.165, 1.54) is 0 Å². The number of sulfonamides is 1. The fourth-order valence-electron chi connectivity index (χ4n) is 2.89. The Bertz CT molecular complexity index is 768. The van der Waals surface area contributed by atoms with Crippen LogP contribution in [0, 0.1) is 6.92 Å². The van der Waals surface area contributed by atoms with Gasteiger partial charge in [0.05, 0.1) is 11.8 Å². The number of aromatic nitrogens is 2. The van der Waals surface area contributed by atoms with E-state index in [0.29, 0.717) is 37.9 Å². The summed E-state index contributed by atoms with van der Waals surface area (Å²) in [6.45, 7) is 6.05. The van der Waals surface area contributed by atoms with E-state index in [1.54, 1.807) is 11.2 Å². The fraction of sp³-hybridized carbons (Fsp3) is 0.500. The van der Waals surface area contributed by atoms with Gasteiger partial charge in [0.2, 0.25) is 15.9 Å². The number of nitrogens with zero attached hydrogens (tertiary/aromatic N) is 4. The third-order valence-electron chi connectivity index (χ3n) is 4.32. The van der Waals surface area contributed by atoms with Crippen LogP contribution in [0.15, 0.2) is 34.9 Å². The lowest BCUT2D eigenvalue weighted by Crippen LogP contribution is -2.49. The van der Waals surface area contributed by atoms with E-state index in [-0.39, 0.29) is 11.8 Å². The van der Waals surface area contributed by atoms with Gasteiger partial charge in [-0.15, -0.1) is 0 Å². The maximum atomic E-state index is 12.6. The van der Waals surface area contributed by atoms with E-state index in [2.05, 4.69) is 15.0 Å². The summed E-state index contributed by atoms with van der Waals surface area (Å²) >= 11 is 0. The zero-order valence-electron chi connectivity index (χ0n) is 13.9. The second kappa shape index (κ2) is 7.00. The highest BCUT2D eigenvalue weighted by molar-refractivity contribution is 7.88. The standard InChI is InChI=1S/C16H22N4O3S/c1-13(16-17-14(2)23-18-16)19-8-10-20(11-9-19)24(21,22)12-15-6-4-3-5-7-15/h3-7,13H,8-12H2,1-2H3/t13-/m0/s1. The molecule has 0 aliphatic carbocycles. The molecule has 0 bridgehead atoms. The minimum atomic E-state index is -3.29. The second-order valence-corrected chi connectivity index (χ2v) is 7.99. The van der Waals surface area contributed by atoms with Crippen LogP contribution in [0.25, 0.3) is 0 Å². The fourth-order valence-corrected chi connectivity index (χ4v) is 4.41. The maximum Gasteiger partial charge on any atom is 0.223 e. The van der Waals surface area contributed by atoms with E-state index < -0.39 is 10.0 Å². The third kappa shape index (κ3) is 3.82. The van der Waals surface area contributed by atoms with Crippen LogP contribution >= 0.6 is 0 Å². The molecule has 7 nitrogen and oxygen atoms in total. The first-order valence-corrected chi connectivity index (χ1v) is 9.62. The molecule has 0 amide bonds. The first-order valence-electron chi connectivity index (χ1n) is 8.02. The van der Waals surface area contributed by atoms with Gasteiger partial charge in [0, 0.05) is 33.1 Å². The molecule has 1 aliphatic rings. The molecule has 130 valence electrons. The number of hydrogen-bond acceptors (Lipinski definition) is 6. The third-order valence-corrected chi connectivity index (χ3v) is 6.17. The van der Waals surface area contributed by atoms with Crippen LogP contribution < -0.4 is 0 Å². The van der Waals surface area contributed by atoms with Crippen LogP contribution in [0.4, 0.5) is 0 Å². The van der Waals surface area contributed by atoms with Gasteiger partial charge in [-0.1, -0.05) is 35.5 Å². The van der Waals surface area contributed by atoms with Gasteiger partial charge in [0.15, 0.2) is 5.82 Å². The summed E-state index contributed by atoms with van der Waals surface area (Å²) in [5.74, 6) is 1.24. The summed E-state index contributed by atoms with van der Waals surface area (Å²) < 4.78 is 31.7. The minimum Gasteiger partial charge on any atom is -0.340 e. The Kier molecular flexibility index (Phi) is 4.98. The highest BCUT2D eigenvalue weighted by atomic mass is 32.2. The van der Waals surface area contributed by atoms with Crippen LogP contribution in [0.5, 0.6) is 0 Å². The van der Waals surface area contributed by atoms with Crippen LogP contribution in [0.1, 0.15) is 30.2 Å². The van der Waals surface area contributed by atoms with E-state index in [4.69, 9.17) is 4.52 Å². The molecule has 1 saturated heterocycles. The largest absolute Gasteiger partial charge is 0.340 e. The monoisotopic (exact) mass is 350 g/mol. The smallest absolute Gasteiger partial charge is 0.223 e. The molecule has 0 N–H and O–H groups in total. The molecule has 2 heterocycles. The SMILES string of the molecule is Cc1nc([C@H](C)N2CCN(S(=O)(=O)Cc3ccccc3)CC2)no1. The predicted molar refractivity (Wildman–Crippen MR) is 89.7 cm³/mol. The minimum absolute atomic E-state index is 0.0152. The number of piperazine rings is 1. The maximum absolute atomic E-state index is 12.6. The zero-order chi connectivity index (χ0) is 17.2. The Labute approximate surface area is 142 Å². The lowest BCUT2D eigenvalue weighted by Gasteiger charge is -2.36. The Balaban J connectivity index is 1.60. The molecule has 2 aromatic rings. The molecular formula is C16H22N4O3S. The van der Waals surface area contributed by atoms with E-state index in [0.717, 1.165) is 5.56 Å². The molecule has 24 heavy (non-hydrogen) atoms. The van der Waals surface area contributed by atoms with Crippen molar-refractivity contribution in [2.75, 3.05) is 26.2 Å². The lowest BCUT2D eigenvalue weighted by molar-refractivity contribution is 0.139. The Hall–Kier alpha value is -1.77. The van der Waals surface area contributed by atoms with Gasteiger partial charge in [-0.05, 0) is 12.5 Å². The van der Waals surface area contributed by atoms with Crippen molar-refractivity contribution >= 4 is 10.0 Å². The highest BCUT2D eigenvalue weighted by Gasteiger charge is 2.30. The van der Waals surface area contributed by atoms with E-state index >= 15 is 0 Å². The Morgan fingerprint density at radius 3 is 2.42 bits per heavy atom. The molecule has 3 rings (SSSR count). The summed E-state index contributed by atoms with van der Waals surface area (Å²) in [4.78, 5) is 6.44. The molecular weight excluding hydrogens is 328 g/mol. The molecule has 1 fully saturated rings. The van der Waals surface area contributed by atoms with Gasteiger partial charge in [0.25, 0.3) is 0 Å². The highest BCUT2D eigenvalue weighted by Crippen LogP contribution is 2.21. The lowest BCUT2D eigenvalue weighted by atomic mass is 10.2. The van der Waals surface area contributed by atoms with Gasteiger partial charge >= 0.3 is 0 Å². The Morgan fingerprint density at radius 1 is 1.17 bits per heavy atom. The van der Waals surface area contributed by atoms with Crippen molar-refractivity contribution in [1.82, 2.24) is 19.3 Å². The quantitative estimate of drug-likeness (QED) is 0.815. The average molecular weight is 350 g/mol. The average Bonchev–Trinajstić information content (AvgIpc) is 3.01. The first kappa shape index (κ1) is 17.1. The van der Waals surface area contributed by atoms with Gasteiger partial charge in [-0.3, -0.25) is 4.90 Å². The van der Waals surface area contributed by atoms with Crippen molar-refractivity contribution < 1.29 is 12.9 Å². The summed E-state index contributed by atoms with van der Waals surface area (Å²) in [6, 6.07) is 9.30. The summed E-state index contributed by atoms with van der Waals surface area (Å²) in [5.41, 5.74) is 0.815. The summed E-state index contributed by atoms with van der Waals surface area (Å²) in [6.07, 6.45) is 0. The molecule has 1 aromatic heterocycles. The van der Waals surface area contributed by atoms with Gasteiger partial charge in [-0.2, -0.15) is 9.29 Å². The van der Waals surface area contributed by atoms with Crippen LogP contribution in [-0.2, 0) is 15.8 Å². The first-order chi connectivity index (χ1) is 11.5. The number of hydrogen-bond donors (Lipinski definition) is 0. The van der Waals surface area contributed by atoms with E-state index in [1.807, 2.05) is 37.3 Å². The van der Waals surface area contributed by atoms with Crippen LogP contribution in [-0.4, -0.2) is 53.9 Å². The van der Waals surface area contributed by atoms with Crippen molar-refractivity contribution in [2.24, 2.45) is 0 Å². The van der Waals surface area contributed by atoms with Gasteiger partial charge < -0.3 is 4.52 Å². The summed E-state index contributed by atoms with van der Waals surface area (Å²) in [7, 11) is -3.29. The molecule has 0 radical (unpaired) electrons. The normalized spacial score (nSPS) is 18.6.